The first-order chi connectivity index (χ1) is 14.6. The van der Waals surface area contributed by atoms with Gasteiger partial charge in [-0.1, -0.05) is 12.1 Å². The second-order valence-electron chi connectivity index (χ2n) is 6.48. The fourth-order valence-corrected chi connectivity index (χ4v) is 3.11. The topological polar surface area (TPSA) is 131 Å². The molecule has 9 nitrogen and oxygen atoms in total. The minimum Gasteiger partial charge on any atom is -0.463 e. The van der Waals surface area contributed by atoms with Crippen molar-refractivity contribution in [2.45, 2.75) is 13.8 Å². The molecule has 2 aromatic carbocycles. The largest absolute Gasteiger partial charge is 0.463 e. The Morgan fingerprint density at radius 2 is 1.65 bits per heavy atom. The van der Waals surface area contributed by atoms with Gasteiger partial charge in [-0.25, -0.2) is 13.2 Å². The molecule has 31 heavy (non-hydrogen) atoms. The Morgan fingerprint density at radius 3 is 2.23 bits per heavy atom. The maximum atomic E-state index is 12.8. The molecule has 0 radical (unpaired) electrons. The minimum absolute atomic E-state index is 0.0305. The van der Waals surface area contributed by atoms with E-state index in [1.54, 1.807) is 37.3 Å². The van der Waals surface area contributed by atoms with Gasteiger partial charge in [0.25, 0.3) is 5.91 Å². The summed E-state index contributed by atoms with van der Waals surface area (Å²) in [5.74, 6) is -1.36. The van der Waals surface area contributed by atoms with Crippen LogP contribution in [0.15, 0.2) is 48.5 Å². The van der Waals surface area contributed by atoms with Crippen LogP contribution in [0.5, 0.6) is 0 Å². The third kappa shape index (κ3) is 7.94. The van der Waals surface area contributed by atoms with Crippen molar-refractivity contribution >= 4 is 50.9 Å². The number of benzene rings is 2. The SMILES string of the molecule is CCOC(=O)/C=C/c1ccc(NC(=O)c2cc(NC(C)=O)ccc2NS(C)(=O)=O)cc1. The highest BCUT2D eigenvalue weighted by Crippen LogP contribution is 2.23. The number of carbonyl (C=O) groups excluding carboxylic acids is 3. The highest BCUT2D eigenvalue weighted by molar-refractivity contribution is 7.92. The van der Waals surface area contributed by atoms with Crippen LogP contribution in [0.4, 0.5) is 17.1 Å². The number of rotatable bonds is 8. The molecule has 0 spiro atoms. The Hall–Kier alpha value is -3.66. The average molecular weight is 445 g/mol. The van der Waals surface area contributed by atoms with Crippen molar-refractivity contribution in [2.24, 2.45) is 0 Å². The van der Waals surface area contributed by atoms with Crippen LogP contribution in [0.25, 0.3) is 6.08 Å². The molecule has 10 heteroatoms. The molecule has 0 aromatic heterocycles. The molecular weight excluding hydrogens is 422 g/mol. The second kappa shape index (κ2) is 10.4. The van der Waals surface area contributed by atoms with Crippen LogP contribution in [-0.4, -0.2) is 39.1 Å². The van der Waals surface area contributed by atoms with Gasteiger partial charge in [0.15, 0.2) is 0 Å². The summed E-state index contributed by atoms with van der Waals surface area (Å²) in [6.45, 7) is 3.32. The van der Waals surface area contributed by atoms with Crippen molar-refractivity contribution < 1.29 is 27.5 Å². The average Bonchev–Trinajstić information content (AvgIpc) is 2.67. The van der Waals surface area contributed by atoms with E-state index in [1.165, 1.54) is 31.2 Å². The Balaban J connectivity index is 2.23. The van der Waals surface area contributed by atoms with Crippen molar-refractivity contribution in [3.05, 3.63) is 59.7 Å². The zero-order valence-corrected chi connectivity index (χ0v) is 18.1. The van der Waals surface area contributed by atoms with Crippen molar-refractivity contribution in [2.75, 3.05) is 28.2 Å². The second-order valence-corrected chi connectivity index (χ2v) is 8.23. The van der Waals surface area contributed by atoms with Crippen molar-refractivity contribution in [1.82, 2.24) is 0 Å². The van der Waals surface area contributed by atoms with Gasteiger partial charge in [0.05, 0.1) is 24.1 Å². The van der Waals surface area contributed by atoms with Crippen LogP contribution in [0.1, 0.15) is 29.8 Å². The third-order valence-corrected chi connectivity index (χ3v) is 4.34. The Morgan fingerprint density at radius 1 is 1.00 bits per heavy atom. The highest BCUT2D eigenvalue weighted by atomic mass is 32.2. The number of sulfonamides is 1. The molecule has 2 rings (SSSR count). The summed E-state index contributed by atoms with van der Waals surface area (Å²) in [7, 11) is -3.63. The summed E-state index contributed by atoms with van der Waals surface area (Å²) >= 11 is 0. The molecule has 0 unspecified atom stereocenters. The molecule has 0 saturated carbocycles. The first-order valence-electron chi connectivity index (χ1n) is 9.23. The van der Waals surface area contributed by atoms with Crippen molar-refractivity contribution in [3.63, 3.8) is 0 Å². The van der Waals surface area contributed by atoms with Gasteiger partial charge in [-0.2, -0.15) is 0 Å². The number of carbonyl (C=O) groups is 3. The van der Waals surface area contributed by atoms with Crippen LogP contribution in [0.3, 0.4) is 0 Å². The molecule has 0 saturated heterocycles. The lowest BCUT2D eigenvalue weighted by Gasteiger charge is -2.13. The molecular formula is C21H23N3O6S. The van der Waals surface area contributed by atoms with Crippen molar-refractivity contribution in [1.29, 1.82) is 0 Å². The van der Waals surface area contributed by atoms with Gasteiger partial charge < -0.3 is 15.4 Å². The van der Waals surface area contributed by atoms with Crippen LogP contribution in [-0.2, 0) is 24.3 Å². The molecule has 164 valence electrons. The predicted molar refractivity (Wildman–Crippen MR) is 119 cm³/mol. The van der Waals surface area contributed by atoms with Crippen LogP contribution < -0.4 is 15.4 Å². The van der Waals surface area contributed by atoms with Crippen LogP contribution in [0.2, 0.25) is 0 Å². The van der Waals surface area contributed by atoms with Crippen molar-refractivity contribution in [3.8, 4) is 0 Å². The van der Waals surface area contributed by atoms with Gasteiger partial charge >= 0.3 is 5.97 Å². The number of esters is 1. The van der Waals surface area contributed by atoms with E-state index in [2.05, 4.69) is 15.4 Å². The Bertz CT molecular complexity index is 1110. The first-order valence-corrected chi connectivity index (χ1v) is 11.1. The zero-order chi connectivity index (χ0) is 23.0. The van der Waals surface area contributed by atoms with E-state index in [-0.39, 0.29) is 23.8 Å². The summed E-state index contributed by atoms with van der Waals surface area (Å²) in [6.07, 6.45) is 3.85. The lowest BCUT2D eigenvalue weighted by Crippen LogP contribution is -2.18. The predicted octanol–water partition coefficient (Wildman–Crippen LogP) is 2.85. The molecule has 0 aliphatic rings. The molecule has 0 atom stereocenters. The van der Waals surface area contributed by atoms with Gasteiger partial charge in [0, 0.05) is 24.4 Å². The van der Waals surface area contributed by atoms with E-state index >= 15 is 0 Å². The smallest absolute Gasteiger partial charge is 0.330 e. The van der Waals surface area contributed by atoms with Gasteiger partial charge in [-0.05, 0) is 48.9 Å². The number of amides is 2. The summed E-state index contributed by atoms with van der Waals surface area (Å²) in [5, 5.41) is 5.23. The lowest BCUT2D eigenvalue weighted by molar-refractivity contribution is -0.137. The summed E-state index contributed by atoms with van der Waals surface area (Å²) in [5.41, 5.74) is 1.62. The lowest BCUT2D eigenvalue weighted by atomic mass is 10.1. The fraction of sp³-hybridized carbons (Fsp3) is 0.190. The number of hydrogen-bond acceptors (Lipinski definition) is 6. The van der Waals surface area contributed by atoms with Gasteiger partial charge in [0.1, 0.15) is 0 Å². The summed E-state index contributed by atoms with van der Waals surface area (Å²) < 4.78 is 30.4. The Kier molecular flexibility index (Phi) is 7.92. The third-order valence-electron chi connectivity index (χ3n) is 3.75. The van der Waals surface area contributed by atoms with E-state index < -0.39 is 21.9 Å². The number of hydrogen-bond donors (Lipinski definition) is 3. The maximum Gasteiger partial charge on any atom is 0.330 e. The van der Waals surface area contributed by atoms with Gasteiger partial charge in [-0.3, -0.25) is 14.3 Å². The molecule has 2 amide bonds. The number of ether oxygens (including phenoxy) is 1. The summed E-state index contributed by atoms with van der Waals surface area (Å²) in [4.78, 5) is 35.5. The molecule has 0 fully saturated rings. The molecule has 3 N–H and O–H groups in total. The summed E-state index contributed by atoms with van der Waals surface area (Å²) in [6, 6.07) is 10.9. The maximum absolute atomic E-state index is 12.8. The number of nitrogens with one attached hydrogen (secondary N) is 3. The quantitative estimate of drug-likeness (QED) is 0.423. The standard InChI is InChI=1S/C21H23N3O6S/c1-4-30-20(26)12-7-15-5-8-16(9-6-15)23-21(27)18-13-17(22-14(2)25)10-11-19(18)24-31(3,28)29/h5-13,24H,4H2,1-3H3,(H,22,25)(H,23,27)/b12-7+. The molecule has 0 aliphatic heterocycles. The normalized spacial score (nSPS) is 11.1. The van der Waals surface area contributed by atoms with E-state index in [0.717, 1.165) is 11.8 Å². The van der Waals surface area contributed by atoms with Gasteiger partial charge in [0.2, 0.25) is 15.9 Å². The highest BCUT2D eigenvalue weighted by Gasteiger charge is 2.16. The zero-order valence-electron chi connectivity index (χ0n) is 17.3. The van der Waals surface area contributed by atoms with Crippen LogP contribution in [0, 0.1) is 0 Å². The Labute approximate surface area is 180 Å². The molecule has 2 aromatic rings. The van der Waals surface area contributed by atoms with Gasteiger partial charge in [-0.15, -0.1) is 0 Å². The molecule has 0 heterocycles. The van der Waals surface area contributed by atoms with E-state index in [9.17, 15) is 22.8 Å². The minimum atomic E-state index is -3.63. The van der Waals surface area contributed by atoms with E-state index in [0.29, 0.717) is 11.4 Å². The molecule has 0 aliphatic carbocycles. The van der Waals surface area contributed by atoms with E-state index in [1.807, 2.05) is 0 Å². The first kappa shape index (κ1) is 23.6. The number of anilines is 3. The van der Waals surface area contributed by atoms with Crippen LogP contribution >= 0.6 is 0 Å². The monoisotopic (exact) mass is 445 g/mol. The fourth-order valence-electron chi connectivity index (χ4n) is 2.53. The van der Waals surface area contributed by atoms with E-state index in [4.69, 9.17) is 4.74 Å². The molecule has 0 bridgehead atoms.